The molecule has 0 aliphatic carbocycles. The number of phenols is 2. The molecule has 2 rings (SSSR count). The predicted molar refractivity (Wildman–Crippen MR) is 83.3 cm³/mol. The van der Waals surface area contributed by atoms with Gasteiger partial charge in [0.05, 0.1) is 0 Å². The molecule has 5 N–H and O–H groups in total. The van der Waals surface area contributed by atoms with E-state index in [-0.39, 0.29) is 23.0 Å². The van der Waals surface area contributed by atoms with Crippen molar-refractivity contribution in [2.75, 3.05) is 0 Å². The molecule has 108 valence electrons. The fraction of sp³-hybridized carbons (Fsp3) is 0.0667. The fourth-order valence-corrected chi connectivity index (χ4v) is 1.93. The van der Waals surface area contributed by atoms with Gasteiger partial charge < -0.3 is 21.3 Å². The number of hydrogen-bond donors (Lipinski definition) is 4. The third kappa shape index (κ3) is 3.93. The number of aromatic hydroxyl groups is 2. The SMILES string of the molecule is NC(=S)c1ccc(CNC(=O)c2cc(O)cc(O)c2)cc1. The van der Waals surface area contributed by atoms with Crippen LogP contribution in [-0.4, -0.2) is 21.1 Å². The second-order valence-corrected chi connectivity index (χ2v) is 4.92. The van der Waals surface area contributed by atoms with E-state index in [2.05, 4.69) is 5.32 Å². The van der Waals surface area contributed by atoms with Gasteiger partial charge in [-0.15, -0.1) is 0 Å². The van der Waals surface area contributed by atoms with Crippen molar-refractivity contribution >= 4 is 23.1 Å². The van der Waals surface area contributed by atoms with Crippen LogP contribution in [0.4, 0.5) is 0 Å². The summed E-state index contributed by atoms with van der Waals surface area (Å²) in [4.78, 5) is 12.2. The minimum Gasteiger partial charge on any atom is -0.508 e. The van der Waals surface area contributed by atoms with E-state index in [0.717, 1.165) is 17.2 Å². The Labute approximate surface area is 127 Å². The van der Waals surface area contributed by atoms with Crippen molar-refractivity contribution in [1.29, 1.82) is 0 Å². The summed E-state index contributed by atoms with van der Waals surface area (Å²) in [5.74, 6) is -0.721. The molecule has 0 heterocycles. The smallest absolute Gasteiger partial charge is 0.251 e. The summed E-state index contributed by atoms with van der Waals surface area (Å²) in [6.07, 6.45) is 0. The molecule has 0 aliphatic heterocycles. The lowest BCUT2D eigenvalue weighted by Gasteiger charge is -2.07. The Morgan fingerprint density at radius 2 is 1.62 bits per heavy atom. The molecule has 21 heavy (non-hydrogen) atoms. The van der Waals surface area contributed by atoms with Gasteiger partial charge in [0, 0.05) is 23.7 Å². The van der Waals surface area contributed by atoms with Crippen molar-refractivity contribution < 1.29 is 15.0 Å². The van der Waals surface area contributed by atoms with Gasteiger partial charge in [0.15, 0.2) is 0 Å². The van der Waals surface area contributed by atoms with Crippen LogP contribution in [0.25, 0.3) is 0 Å². The summed E-state index contributed by atoms with van der Waals surface area (Å²) in [6, 6.07) is 10.9. The van der Waals surface area contributed by atoms with E-state index >= 15 is 0 Å². The Balaban J connectivity index is 2.02. The van der Waals surface area contributed by atoms with Crippen LogP contribution in [0.2, 0.25) is 0 Å². The predicted octanol–water partition coefficient (Wildman–Crippen LogP) is 1.66. The van der Waals surface area contributed by atoms with Gasteiger partial charge in [-0.1, -0.05) is 36.5 Å². The molecule has 0 atom stereocenters. The third-order valence-corrected chi connectivity index (χ3v) is 3.09. The number of phenolic OH excluding ortho intramolecular Hbond substituents is 2. The maximum absolute atomic E-state index is 11.9. The van der Waals surface area contributed by atoms with E-state index in [9.17, 15) is 15.0 Å². The zero-order chi connectivity index (χ0) is 15.4. The van der Waals surface area contributed by atoms with Crippen molar-refractivity contribution in [2.45, 2.75) is 6.54 Å². The number of rotatable bonds is 4. The number of carbonyl (C=O) groups is 1. The molecule has 5 nitrogen and oxygen atoms in total. The largest absolute Gasteiger partial charge is 0.508 e. The van der Waals surface area contributed by atoms with Crippen LogP contribution in [0, 0.1) is 0 Å². The van der Waals surface area contributed by atoms with Crippen LogP contribution in [-0.2, 0) is 6.54 Å². The van der Waals surface area contributed by atoms with E-state index in [1.165, 1.54) is 12.1 Å². The van der Waals surface area contributed by atoms with E-state index in [1.54, 1.807) is 12.1 Å². The molecule has 0 saturated heterocycles. The first kappa shape index (κ1) is 14.8. The first-order valence-corrected chi connectivity index (χ1v) is 6.56. The molecule has 0 saturated carbocycles. The van der Waals surface area contributed by atoms with Crippen molar-refractivity contribution in [3.05, 3.63) is 59.2 Å². The molecule has 0 aromatic heterocycles. The lowest BCUT2D eigenvalue weighted by atomic mass is 10.1. The molecule has 0 unspecified atom stereocenters. The Hall–Kier alpha value is -2.60. The normalized spacial score (nSPS) is 10.1. The van der Waals surface area contributed by atoms with Gasteiger partial charge in [-0.3, -0.25) is 4.79 Å². The summed E-state index contributed by atoms with van der Waals surface area (Å²) in [5, 5.41) is 21.4. The zero-order valence-electron chi connectivity index (χ0n) is 11.0. The van der Waals surface area contributed by atoms with Crippen molar-refractivity contribution in [2.24, 2.45) is 5.73 Å². The number of amides is 1. The van der Waals surface area contributed by atoms with Crippen LogP contribution in [0.15, 0.2) is 42.5 Å². The molecule has 0 bridgehead atoms. The first-order chi connectivity index (χ1) is 9.95. The van der Waals surface area contributed by atoms with Crippen LogP contribution < -0.4 is 11.1 Å². The average molecular weight is 302 g/mol. The molecule has 1 amide bonds. The Morgan fingerprint density at radius 1 is 1.05 bits per heavy atom. The molecule has 0 fully saturated rings. The van der Waals surface area contributed by atoms with Crippen LogP contribution in [0.1, 0.15) is 21.5 Å². The highest BCUT2D eigenvalue weighted by atomic mass is 32.1. The lowest BCUT2D eigenvalue weighted by Crippen LogP contribution is -2.22. The van der Waals surface area contributed by atoms with Crippen molar-refractivity contribution in [1.82, 2.24) is 5.32 Å². The molecule has 2 aromatic carbocycles. The van der Waals surface area contributed by atoms with Gasteiger partial charge in [0.25, 0.3) is 5.91 Å². The van der Waals surface area contributed by atoms with E-state index in [4.69, 9.17) is 18.0 Å². The number of nitrogens with two attached hydrogens (primary N) is 1. The lowest BCUT2D eigenvalue weighted by molar-refractivity contribution is 0.0950. The number of benzene rings is 2. The van der Waals surface area contributed by atoms with Gasteiger partial charge >= 0.3 is 0 Å². The first-order valence-electron chi connectivity index (χ1n) is 6.15. The summed E-state index contributed by atoms with van der Waals surface area (Å²) < 4.78 is 0. The highest BCUT2D eigenvalue weighted by molar-refractivity contribution is 7.80. The molecule has 0 radical (unpaired) electrons. The molecular weight excluding hydrogens is 288 g/mol. The monoisotopic (exact) mass is 302 g/mol. The van der Waals surface area contributed by atoms with Gasteiger partial charge in [-0.2, -0.15) is 0 Å². The van der Waals surface area contributed by atoms with Crippen LogP contribution in [0.5, 0.6) is 11.5 Å². The number of thiocarbonyl (C=S) groups is 1. The van der Waals surface area contributed by atoms with E-state index in [0.29, 0.717) is 11.5 Å². The third-order valence-electron chi connectivity index (χ3n) is 2.86. The zero-order valence-corrected chi connectivity index (χ0v) is 11.9. The molecule has 0 spiro atoms. The second-order valence-electron chi connectivity index (χ2n) is 4.48. The van der Waals surface area contributed by atoms with E-state index < -0.39 is 0 Å². The Morgan fingerprint density at radius 3 is 2.14 bits per heavy atom. The number of carbonyl (C=O) groups excluding carboxylic acids is 1. The van der Waals surface area contributed by atoms with Gasteiger partial charge in [-0.25, -0.2) is 0 Å². The molecular formula is C15H14N2O3S. The van der Waals surface area contributed by atoms with Crippen LogP contribution in [0.3, 0.4) is 0 Å². The fourth-order valence-electron chi connectivity index (χ4n) is 1.80. The van der Waals surface area contributed by atoms with E-state index in [1.807, 2.05) is 12.1 Å². The number of nitrogens with one attached hydrogen (secondary N) is 1. The quantitative estimate of drug-likeness (QED) is 0.644. The summed E-state index contributed by atoms with van der Waals surface area (Å²) in [5.41, 5.74) is 7.34. The average Bonchev–Trinajstić information content (AvgIpc) is 2.44. The summed E-state index contributed by atoms with van der Waals surface area (Å²) in [6.45, 7) is 0.312. The minimum atomic E-state index is -0.389. The summed E-state index contributed by atoms with van der Waals surface area (Å²) >= 11 is 4.86. The van der Waals surface area contributed by atoms with Gasteiger partial charge in [0.1, 0.15) is 16.5 Å². The number of hydrogen-bond acceptors (Lipinski definition) is 4. The standard InChI is InChI=1S/C15H14N2O3S/c16-14(21)10-3-1-9(2-4-10)8-17-15(20)11-5-12(18)7-13(19)6-11/h1-7,18-19H,8H2,(H2,16,21)(H,17,20). The second kappa shape index (κ2) is 6.23. The molecule has 6 heteroatoms. The Bertz CT molecular complexity index is 664. The highest BCUT2D eigenvalue weighted by Gasteiger charge is 2.08. The summed E-state index contributed by atoms with van der Waals surface area (Å²) in [7, 11) is 0. The topological polar surface area (TPSA) is 95.6 Å². The minimum absolute atomic E-state index is 0.166. The van der Waals surface area contributed by atoms with Gasteiger partial charge in [-0.05, 0) is 17.7 Å². The van der Waals surface area contributed by atoms with Crippen molar-refractivity contribution in [3.8, 4) is 11.5 Å². The van der Waals surface area contributed by atoms with Crippen molar-refractivity contribution in [3.63, 3.8) is 0 Å². The Kier molecular flexibility index (Phi) is 4.39. The maximum Gasteiger partial charge on any atom is 0.251 e. The van der Waals surface area contributed by atoms with Gasteiger partial charge in [0.2, 0.25) is 0 Å². The maximum atomic E-state index is 11.9. The molecule has 2 aromatic rings. The highest BCUT2D eigenvalue weighted by Crippen LogP contribution is 2.20. The van der Waals surface area contributed by atoms with Crippen LogP contribution >= 0.6 is 12.2 Å². The molecule has 0 aliphatic rings.